The third kappa shape index (κ3) is 2.20. The maximum atomic E-state index is 11.6. The second-order valence-electron chi connectivity index (χ2n) is 5.21. The third-order valence-corrected chi connectivity index (χ3v) is 3.88. The zero-order valence-corrected chi connectivity index (χ0v) is 12.4. The summed E-state index contributed by atoms with van der Waals surface area (Å²) in [6.45, 7) is 7.41. The summed E-state index contributed by atoms with van der Waals surface area (Å²) in [6, 6.07) is 3.92. The second-order valence-corrected chi connectivity index (χ2v) is 5.21. The van der Waals surface area contributed by atoms with Crippen LogP contribution < -0.4 is 5.73 Å². The molecular weight excluding hydrogens is 252 g/mol. The van der Waals surface area contributed by atoms with E-state index in [1.54, 1.807) is 0 Å². The SMILES string of the molecule is CCCn1c(C)c(CCN)c2ccc(C)c(C(=O)O)c21. The van der Waals surface area contributed by atoms with Crippen LogP contribution in [0.3, 0.4) is 0 Å². The van der Waals surface area contributed by atoms with Crippen molar-refractivity contribution in [2.24, 2.45) is 5.73 Å². The standard InChI is InChI=1S/C16H22N2O2/c1-4-9-18-11(3)12(7-8-17)13-6-5-10(2)14(15(13)18)16(19)20/h5-6H,4,7-9,17H2,1-3H3,(H,19,20). The van der Waals surface area contributed by atoms with E-state index in [9.17, 15) is 9.90 Å². The monoisotopic (exact) mass is 274 g/mol. The van der Waals surface area contributed by atoms with Crippen LogP contribution in [0.1, 0.15) is 40.5 Å². The van der Waals surface area contributed by atoms with Crippen LogP contribution in [-0.4, -0.2) is 22.2 Å². The van der Waals surface area contributed by atoms with E-state index < -0.39 is 5.97 Å². The summed E-state index contributed by atoms with van der Waals surface area (Å²) in [6.07, 6.45) is 1.75. The highest BCUT2D eigenvalue weighted by atomic mass is 16.4. The zero-order chi connectivity index (χ0) is 14.9. The molecule has 1 aromatic heterocycles. The average molecular weight is 274 g/mol. The molecule has 0 fully saturated rings. The molecule has 0 atom stereocenters. The van der Waals surface area contributed by atoms with Gasteiger partial charge in [0.05, 0.1) is 11.1 Å². The van der Waals surface area contributed by atoms with Crippen LogP contribution in [0, 0.1) is 13.8 Å². The number of aryl methyl sites for hydroxylation is 2. The van der Waals surface area contributed by atoms with Gasteiger partial charge < -0.3 is 15.4 Å². The Morgan fingerprint density at radius 1 is 1.35 bits per heavy atom. The summed E-state index contributed by atoms with van der Waals surface area (Å²) >= 11 is 0. The van der Waals surface area contributed by atoms with Gasteiger partial charge in [-0.05, 0) is 44.4 Å². The Bertz CT molecular complexity index is 656. The van der Waals surface area contributed by atoms with Crippen molar-refractivity contribution < 1.29 is 9.90 Å². The van der Waals surface area contributed by atoms with E-state index in [2.05, 4.69) is 18.4 Å². The number of fused-ring (bicyclic) bond motifs is 1. The largest absolute Gasteiger partial charge is 0.478 e. The van der Waals surface area contributed by atoms with Gasteiger partial charge in [0.1, 0.15) is 0 Å². The quantitative estimate of drug-likeness (QED) is 0.881. The molecule has 0 aliphatic carbocycles. The van der Waals surface area contributed by atoms with Crippen LogP contribution in [0.5, 0.6) is 0 Å². The first-order chi connectivity index (χ1) is 9.52. The predicted octanol–water partition coefficient (Wildman–Crippen LogP) is 2.87. The summed E-state index contributed by atoms with van der Waals surface area (Å²) in [5, 5.41) is 10.6. The summed E-state index contributed by atoms with van der Waals surface area (Å²) in [4.78, 5) is 11.6. The van der Waals surface area contributed by atoms with Crippen molar-refractivity contribution in [2.45, 2.75) is 40.2 Å². The molecule has 2 rings (SSSR count). The summed E-state index contributed by atoms with van der Waals surface area (Å²) < 4.78 is 2.14. The molecule has 0 unspecified atom stereocenters. The summed E-state index contributed by atoms with van der Waals surface area (Å²) in [7, 11) is 0. The highest BCUT2D eigenvalue weighted by Gasteiger charge is 2.20. The molecule has 1 heterocycles. The van der Waals surface area contributed by atoms with Gasteiger partial charge in [0.15, 0.2) is 0 Å². The molecule has 3 N–H and O–H groups in total. The molecule has 4 nitrogen and oxygen atoms in total. The molecule has 0 amide bonds. The normalized spacial score (nSPS) is 11.2. The van der Waals surface area contributed by atoms with Gasteiger partial charge in [0.25, 0.3) is 0 Å². The Hall–Kier alpha value is -1.81. The van der Waals surface area contributed by atoms with E-state index in [0.29, 0.717) is 12.1 Å². The maximum absolute atomic E-state index is 11.6. The summed E-state index contributed by atoms with van der Waals surface area (Å²) in [5.74, 6) is -0.859. The van der Waals surface area contributed by atoms with Gasteiger partial charge in [0, 0.05) is 17.6 Å². The number of nitrogens with zero attached hydrogens (tertiary/aromatic N) is 1. The third-order valence-electron chi connectivity index (χ3n) is 3.88. The van der Waals surface area contributed by atoms with Crippen molar-refractivity contribution in [3.8, 4) is 0 Å². The fourth-order valence-corrected chi connectivity index (χ4v) is 2.97. The lowest BCUT2D eigenvalue weighted by atomic mass is 10.0. The lowest BCUT2D eigenvalue weighted by Gasteiger charge is -2.10. The molecule has 0 aliphatic rings. The van der Waals surface area contributed by atoms with Crippen molar-refractivity contribution >= 4 is 16.9 Å². The zero-order valence-electron chi connectivity index (χ0n) is 12.4. The number of nitrogens with two attached hydrogens (primary N) is 1. The molecule has 1 aromatic carbocycles. The molecule has 0 saturated carbocycles. The number of rotatable bonds is 5. The number of benzene rings is 1. The second kappa shape index (κ2) is 5.67. The van der Waals surface area contributed by atoms with Crippen molar-refractivity contribution in [1.29, 1.82) is 0 Å². The van der Waals surface area contributed by atoms with Gasteiger partial charge in [-0.25, -0.2) is 4.79 Å². The molecule has 4 heteroatoms. The molecule has 0 spiro atoms. The molecular formula is C16H22N2O2. The van der Waals surface area contributed by atoms with Crippen LogP contribution in [0.2, 0.25) is 0 Å². The topological polar surface area (TPSA) is 68.2 Å². The molecule has 0 saturated heterocycles. The number of aromatic carboxylic acids is 1. The first-order valence-electron chi connectivity index (χ1n) is 7.07. The maximum Gasteiger partial charge on any atom is 0.338 e. The number of hydrogen-bond acceptors (Lipinski definition) is 2. The Morgan fingerprint density at radius 2 is 2.05 bits per heavy atom. The highest BCUT2D eigenvalue weighted by molar-refractivity contribution is 6.05. The molecule has 0 bridgehead atoms. The van der Waals surface area contributed by atoms with Crippen molar-refractivity contribution in [3.63, 3.8) is 0 Å². The number of aromatic nitrogens is 1. The molecule has 20 heavy (non-hydrogen) atoms. The predicted molar refractivity (Wildman–Crippen MR) is 81.4 cm³/mol. The van der Waals surface area contributed by atoms with Gasteiger partial charge >= 0.3 is 5.97 Å². The number of hydrogen-bond donors (Lipinski definition) is 2. The van der Waals surface area contributed by atoms with E-state index in [4.69, 9.17) is 5.73 Å². The minimum atomic E-state index is -0.859. The lowest BCUT2D eigenvalue weighted by molar-refractivity contribution is 0.0698. The smallest absolute Gasteiger partial charge is 0.338 e. The number of carboxylic acid groups (broad SMARTS) is 1. The van der Waals surface area contributed by atoms with Crippen LogP contribution in [0.25, 0.3) is 10.9 Å². The number of carbonyl (C=O) groups is 1. The fraction of sp³-hybridized carbons (Fsp3) is 0.438. The van der Waals surface area contributed by atoms with Crippen molar-refractivity contribution in [3.05, 3.63) is 34.5 Å². The van der Waals surface area contributed by atoms with E-state index in [1.807, 2.05) is 19.1 Å². The minimum absolute atomic E-state index is 0.419. The highest BCUT2D eigenvalue weighted by Crippen LogP contribution is 2.31. The molecule has 2 aromatic rings. The molecule has 108 valence electrons. The van der Waals surface area contributed by atoms with Gasteiger partial charge in [-0.15, -0.1) is 0 Å². The minimum Gasteiger partial charge on any atom is -0.478 e. The van der Waals surface area contributed by atoms with Crippen molar-refractivity contribution in [2.75, 3.05) is 6.54 Å². The Morgan fingerprint density at radius 3 is 2.60 bits per heavy atom. The van der Waals surface area contributed by atoms with Crippen LogP contribution >= 0.6 is 0 Å². The molecule has 0 aliphatic heterocycles. The lowest BCUT2D eigenvalue weighted by Crippen LogP contribution is -2.07. The van der Waals surface area contributed by atoms with Gasteiger partial charge in [0.2, 0.25) is 0 Å². The van der Waals surface area contributed by atoms with Gasteiger partial charge in [-0.3, -0.25) is 0 Å². The average Bonchev–Trinajstić information content (AvgIpc) is 2.65. The van der Waals surface area contributed by atoms with Gasteiger partial charge in [-0.1, -0.05) is 19.1 Å². The Kier molecular flexibility index (Phi) is 4.14. The van der Waals surface area contributed by atoms with Crippen LogP contribution in [0.4, 0.5) is 0 Å². The number of carboxylic acids is 1. The van der Waals surface area contributed by atoms with E-state index in [0.717, 1.165) is 41.5 Å². The Labute approximate surface area is 119 Å². The van der Waals surface area contributed by atoms with E-state index >= 15 is 0 Å². The van der Waals surface area contributed by atoms with E-state index in [1.165, 1.54) is 5.56 Å². The van der Waals surface area contributed by atoms with Crippen LogP contribution in [-0.2, 0) is 13.0 Å². The van der Waals surface area contributed by atoms with Crippen molar-refractivity contribution in [1.82, 2.24) is 4.57 Å². The Balaban J connectivity index is 2.89. The first-order valence-corrected chi connectivity index (χ1v) is 7.07. The summed E-state index contributed by atoms with van der Waals surface area (Å²) in [5.41, 5.74) is 10.1. The van der Waals surface area contributed by atoms with Crippen LogP contribution in [0.15, 0.2) is 12.1 Å². The van der Waals surface area contributed by atoms with Gasteiger partial charge in [-0.2, -0.15) is 0 Å². The first kappa shape index (κ1) is 14.6. The molecule has 0 radical (unpaired) electrons. The van der Waals surface area contributed by atoms with E-state index in [-0.39, 0.29) is 0 Å². The fourth-order valence-electron chi connectivity index (χ4n) is 2.97.